The van der Waals surface area contributed by atoms with Crippen molar-refractivity contribution in [3.63, 3.8) is 0 Å². The van der Waals surface area contributed by atoms with E-state index in [1.165, 1.54) is 37.5 Å². The largest absolute Gasteiger partial charge is 0.450 e. The molecule has 4 aromatic carbocycles. The summed E-state index contributed by atoms with van der Waals surface area (Å²) in [6, 6.07) is 41.8. The summed E-state index contributed by atoms with van der Waals surface area (Å²) in [5.41, 5.74) is 4.82. The molecule has 0 saturated carbocycles. The predicted molar refractivity (Wildman–Crippen MR) is 246 cm³/mol. The van der Waals surface area contributed by atoms with Gasteiger partial charge in [0.2, 0.25) is 0 Å². The van der Waals surface area contributed by atoms with E-state index in [4.69, 9.17) is 14.3 Å². The molecule has 2 aliphatic rings. The quantitative estimate of drug-likeness (QED) is 0.114. The number of piperidine rings is 2. The van der Waals surface area contributed by atoms with Gasteiger partial charge in [-0.2, -0.15) is 0 Å². The fourth-order valence-corrected chi connectivity index (χ4v) is 7.29. The molecule has 4 aromatic rings. The lowest BCUT2D eigenvalue weighted by atomic mass is 9.71. The number of benzene rings is 4. The van der Waals surface area contributed by atoms with E-state index < -0.39 is 0 Å². The third-order valence-electron chi connectivity index (χ3n) is 10.4. The average Bonchev–Trinajstić information content (AvgIpc) is 3.27. The van der Waals surface area contributed by atoms with Crippen molar-refractivity contribution < 1.29 is 38.2 Å². The smallest absolute Gasteiger partial charge is 0.410 e. The second kappa shape index (κ2) is 29.4. The topological polar surface area (TPSA) is 127 Å². The lowest BCUT2D eigenvalue weighted by Crippen LogP contribution is -2.39. The van der Waals surface area contributed by atoms with Gasteiger partial charge >= 0.3 is 12.2 Å². The molecule has 0 bridgehead atoms. The van der Waals surface area contributed by atoms with Crippen molar-refractivity contribution >= 4 is 35.8 Å². The maximum absolute atomic E-state index is 11.9. The van der Waals surface area contributed by atoms with E-state index in [0.29, 0.717) is 51.0 Å². The second-order valence-corrected chi connectivity index (χ2v) is 15.8. The van der Waals surface area contributed by atoms with Crippen LogP contribution in [-0.2, 0) is 40.7 Å². The minimum Gasteiger partial charge on any atom is -0.450 e. The molecule has 2 amide bonds. The van der Waals surface area contributed by atoms with Crippen molar-refractivity contribution in [2.45, 2.75) is 99.0 Å². The molecule has 2 fully saturated rings. The molecule has 2 heterocycles. The van der Waals surface area contributed by atoms with Gasteiger partial charge in [0.25, 0.3) is 0 Å². The van der Waals surface area contributed by atoms with E-state index in [9.17, 15) is 24.0 Å². The minimum atomic E-state index is -0.255. The summed E-state index contributed by atoms with van der Waals surface area (Å²) in [5, 5.41) is 0. The third-order valence-corrected chi connectivity index (χ3v) is 10.4. The standard InChI is InChI=1S/C20H18.C16H21NO3.C11H19NO3.C3H6O.C2H4O/c1-20(17-11-5-2-6-12-17,18-13-7-3-8-14-18)19-15-9-4-10-16-19;1-13(18)11-14-7-9-17(10-8-14)16(19)20-12-15-5-3-2-4-6-15;1-3-15-11(14)12-6-4-10(5-7-12)8-9(2)13;1-3(2)4;1-2-3/h2-16H,1H3;2-6,14H,7-12H2,1H3;10H,3-8H2,1-2H3;1-2H3;2H,1H3. The van der Waals surface area contributed by atoms with Gasteiger partial charge in [-0.05, 0) is 108 Å². The zero-order valence-electron chi connectivity index (χ0n) is 37.9. The highest BCUT2D eigenvalue weighted by Crippen LogP contribution is 2.38. The van der Waals surface area contributed by atoms with E-state index in [0.717, 1.165) is 50.6 Å². The summed E-state index contributed by atoms with van der Waals surface area (Å²) in [7, 11) is 0. The van der Waals surface area contributed by atoms with Gasteiger partial charge < -0.3 is 38.5 Å². The summed E-state index contributed by atoms with van der Waals surface area (Å²) < 4.78 is 10.2. The number of hydrogen-bond donors (Lipinski definition) is 0. The Hall–Kier alpha value is -5.90. The van der Waals surface area contributed by atoms with Crippen LogP contribution in [0.4, 0.5) is 9.59 Å². The Labute approximate surface area is 370 Å². The van der Waals surface area contributed by atoms with E-state index in [1.54, 1.807) is 30.6 Å². The molecule has 0 aromatic heterocycles. The Bertz CT molecular complexity index is 1790. The lowest BCUT2D eigenvalue weighted by molar-refractivity contribution is -0.119. The van der Waals surface area contributed by atoms with E-state index >= 15 is 0 Å². The second-order valence-electron chi connectivity index (χ2n) is 15.8. The van der Waals surface area contributed by atoms with Crippen LogP contribution in [0.25, 0.3) is 0 Å². The number of ketones is 3. The average molecular weight is 849 g/mol. The highest BCUT2D eigenvalue weighted by Gasteiger charge is 2.30. The normalized spacial score (nSPS) is 13.7. The number of aldehydes is 1. The Kier molecular flexibility index (Phi) is 24.7. The minimum absolute atomic E-state index is 0.121. The molecule has 2 aliphatic heterocycles. The Morgan fingerprint density at radius 1 is 0.565 bits per heavy atom. The molecule has 10 nitrogen and oxygen atoms in total. The van der Waals surface area contributed by atoms with Crippen molar-refractivity contribution in [2.75, 3.05) is 32.8 Å². The molecule has 0 atom stereocenters. The molecule has 0 aliphatic carbocycles. The predicted octanol–water partition coefficient (Wildman–Crippen LogP) is 10.7. The molecule has 0 spiro atoms. The zero-order chi connectivity index (χ0) is 45.8. The molecular formula is C52H68N2O8. The van der Waals surface area contributed by atoms with Crippen LogP contribution in [0, 0.1) is 11.8 Å². The molecule has 10 heteroatoms. The van der Waals surface area contributed by atoms with Gasteiger partial charge in [0.1, 0.15) is 30.2 Å². The number of carbonyl (C=O) groups excluding carboxylic acids is 6. The van der Waals surface area contributed by atoms with Crippen LogP contribution in [0.5, 0.6) is 0 Å². The van der Waals surface area contributed by atoms with Crippen LogP contribution in [0.1, 0.15) is 109 Å². The van der Waals surface area contributed by atoms with Gasteiger partial charge in [-0.3, -0.25) is 0 Å². The monoisotopic (exact) mass is 848 g/mol. The molecule has 0 radical (unpaired) electrons. The maximum atomic E-state index is 11.9. The summed E-state index contributed by atoms with van der Waals surface area (Å²) in [6.45, 7) is 15.4. The van der Waals surface area contributed by atoms with Gasteiger partial charge in [-0.1, -0.05) is 121 Å². The highest BCUT2D eigenvalue weighted by molar-refractivity contribution is 5.76. The number of amides is 2. The van der Waals surface area contributed by atoms with E-state index in [2.05, 4.69) is 97.9 Å². The van der Waals surface area contributed by atoms with E-state index in [-0.39, 0.29) is 35.0 Å². The number of ether oxygens (including phenoxy) is 2. The lowest BCUT2D eigenvalue weighted by Gasteiger charge is -2.31. The van der Waals surface area contributed by atoms with Crippen molar-refractivity contribution in [3.8, 4) is 0 Å². The van der Waals surface area contributed by atoms with Gasteiger partial charge in [0, 0.05) is 44.4 Å². The SMILES string of the molecule is CC(=O)CC1CCN(C(=O)OCc2ccccc2)CC1.CC(C)=O.CC(c1ccccc1)(c1ccccc1)c1ccccc1.CC=O.CCOC(=O)N1CCC(CC(C)=O)CC1. The first-order chi connectivity index (χ1) is 29.7. The Morgan fingerprint density at radius 2 is 0.855 bits per heavy atom. The van der Waals surface area contributed by atoms with Crippen LogP contribution < -0.4 is 0 Å². The maximum Gasteiger partial charge on any atom is 0.410 e. The van der Waals surface area contributed by atoms with E-state index in [1.807, 2.05) is 30.3 Å². The van der Waals surface area contributed by atoms with Crippen LogP contribution in [-0.4, -0.2) is 78.4 Å². The van der Waals surface area contributed by atoms with Crippen molar-refractivity contribution in [1.29, 1.82) is 0 Å². The molecular weight excluding hydrogens is 781 g/mol. The van der Waals surface area contributed by atoms with Gasteiger partial charge in [-0.15, -0.1) is 0 Å². The molecule has 0 N–H and O–H groups in total. The van der Waals surface area contributed by atoms with Crippen LogP contribution in [0.15, 0.2) is 121 Å². The Balaban J connectivity index is 0.000000300. The number of nitrogens with zero attached hydrogens (tertiary/aromatic N) is 2. The van der Waals surface area contributed by atoms with Gasteiger partial charge in [-0.25, -0.2) is 9.59 Å². The first-order valence-electron chi connectivity index (χ1n) is 21.6. The number of Topliss-reactive ketones (excluding diaryl/α,β-unsaturated/α-hetero) is 3. The number of likely N-dealkylation sites (tertiary alicyclic amines) is 2. The Morgan fingerprint density at radius 3 is 1.15 bits per heavy atom. The first-order valence-corrected chi connectivity index (χ1v) is 21.6. The number of rotatable bonds is 10. The van der Waals surface area contributed by atoms with Crippen molar-refractivity contribution in [1.82, 2.24) is 9.80 Å². The van der Waals surface area contributed by atoms with Crippen molar-refractivity contribution in [2.24, 2.45) is 11.8 Å². The molecule has 0 unspecified atom stereocenters. The van der Waals surface area contributed by atoms with Crippen LogP contribution >= 0.6 is 0 Å². The van der Waals surface area contributed by atoms with Gasteiger partial charge in [0.05, 0.1) is 6.61 Å². The van der Waals surface area contributed by atoms with Crippen molar-refractivity contribution in [3.05, 3.63) is 144 Å². The number of hydrogen-bond acceptors (Lipinski definition) is 8. The van der Waals surface area contributed by atoms with Crippen LogP contribution in [0.3, 0.4) is 0 Å². The molecule has 2 saturated heterocycles. The summed E-state index contributed by atoms with van der Waals surface area (Å²) >= 11 is 0. The molecule has 62 heavy (non-hydrogen) atoms. The third kappa shape index (κ3) is 19.7. The van der Waals surface area contributed by atoms with Crippen LogP contribution in [0.2, 0.25) is 0 Å². The molecule has 334 valence electrons. The first kappa shape index (κ1) is 52.2. The zero-order valence-corrected chi connectivity index (χ0v) is 37.9. The summed E-state index contributed by atoms with van der Waals surface area (Å²) in [5.74, 6) is 1.51. The summed E-state index contributed by atoms with van der Waals surface area (Å²) in [6.07, 6.45) is 5.16. The fraction of sp³-hybridized carbons (Fsp3) is 0.423. The van der Waals surface area contributed by atoms with Gasteiger partial charge in [0.15, 0.2) is 0 Å². The molecule has 6 rings (SSSR count). The highest BCUT2D eigenvalue weighted by atomic mass is 16.6. The fourth-order valence-electron chi connectivity index (χ4n) is 7.29. The summed E-state index contributed by atoms with van der Waals surface area (Å²) in [4.78, 5) is 67.0. The number of carbonyl (C=O) groups is 6.